The molecule has 3 aliphatic heterocycles. The molecule has 5 aromatic rings. The number of amides is 2. The molecule has 14 nitrogen and oxygen atoms in total. The third-order valence-electron chi connectivity index (χ3n) is 10.9. The number of nitrogens with zero attached hydrogens (tertiary/aromatic N) is 3. The molecule has 0 saturated carbocycles. The lowest BCUT2D eigenvalue weighted by Crippen LogP contribution is -2.71. The number of anilines is 1. The van der Waals surface area contributed by atoms with Gasteiger partial charge in [-0.05, 0) is 52.8 Å². The molecule has 62 heavy (non-hydrogen) atoms. The summed E-state index contributed by atoms with van der Waals surface area (Å²) in [5, 5.41) is 12.1. The molecule has 8 rings (SSSR count). The molecular weight excluding hydrogens is 831 g/mol. The lowest BCUT2D eigenvalue weighted by Gasteiger charge is -2.50. The van der Waals surface area contributed by atoms with Gasteiger partial charge in [0.1, 0.15) is 47.8 Å². The van der Waals surface area contributed by atoms with Gasteiger partial charge in [0.15, 0.2) is 16.9 Å². The van der Waals surface area contributed by atoms with Gasteiger partial charge < -0.3 is 34.4 Å². The molecule has 1 aromatic heterocycles. The molecule has 0 radical (unpaired) electrons. The van der Waals surface area contributed by atoms with Crippen LogP contribution in [0.2, 0.25) is 0 Å². The van der Waals surface area contributed by atoms with Gasteiger partial charge in [-0.1, -0.05) is 108 Å². The van der Waals surface area contributed by atoms with E-state index >= 15 is 0 Å². The van der Waals surface area contributed by atoms with Crippen molar-refractivity contribution in [2.45, 2.75) is 48.6 Å². The maximum Gasteiger partial charge on any atom is 0.355 e. The highest BCUT2D eigenvalue weighted by Gasteiger charge is 2.56. The third-order valence-corrected chi connectivity index (χ3v) is 13.0. The number of hydrogen-bond donors (Lipinski definition) is 2. The second kappa shape index (κ2) is 18.6. The van der Waals surface area contributed by atoms with Crippen LogP contribution in [0.5, 0.6) is 5.75 Å². The van der Waals surface area contributed by atoms with Gasteiger partial charge in [0.05, 0.1) is 20.3 Å². The van der Waals surface area contributed by atoms with Gasteiger partial charge in [0.2, 0.25) is 0 Å². The van der Waals surface area contributed by atoms with Gasteiger partial charge in [-0.15, -0.1) is 23.1 Å². The van der Waals surface area contributed by atoms with Crippen LogP contribution in [0.1, 0.15) is 40.8 Å². The van der Waals surface area contributed by atoms with Crippen LogP contribution in [0.15, 0.2) is 137 Å². The SMILES string of the molecule is CO/N=C(/C(=O)N[C@@H]1C(=O)N2C(C(=O)OCc3ccc(OC)cc3)=C([C@H]3CC[C@@H](C(=O)OC)O3)CS[C@H]12)c1csc(NC(c2ccccc2)(c2ccccc2)c2ccccc2)n1. The summed E-state index contributed by atoms with van der Waals surface area (Å²) in [7, 11) is 4.17. The summed E-state index contributed by atoms with van der Waals surface area (Å²) in [5.41, 5.74) is 3.40. The molecule has 0 unspecified atom stereocenters. The second-order valence-electron chi connectivity index (χ2n) is 14.5. The highest BCUT2D eigenvalue weighted by Crippen LogP contribution is 2.44. The van der Waals surface area contributed by atoms with Gasteiger partial charge >= 0.3 is 11.9 Å². The minimum Gasteiger partial charge on any atom is -0.497 e. The fourth-order valence-corrected chi connectivity index (χ4v) is 10.1. The van der Waals surface area contributed by atoms with E-state index in [1.165, 1.54) is 42.2 Å². The molecule has 4 heterocycles. The lowest BCUT2D eigenvalue weighted by molar-refractivity contribution is -0.154. The molecule has 2 saturated heterocycles. The molecule has 0 spiro atoms. The van der Waals surface area contributed by atoms with E-state index in [-0.39, 0.29) is 29.5 Å². The van der Waals surface area contributed by atoms with Crippen molar-refractivity contribution < 1.29 is 43.0 Å². The molecule has 3 aliphatic rings. The number of aromatic nitrogens is 1. The fourth-order valence-electron chi connectivity index (χ4n) is 7.90. The number of rotatable bonds is 15. The maximum atomic E-state index is 14.1. The topological polar surface area (TPSA) is 167 Å². The monoisotopic (exact) mass is 873 g/mol. The van der Waals surface area contributed by atoms with Crippen molar-refractivity contribution in [3.8, 4) is 5.75 Å². The van der Waals surface area contributed by atoms with Crippen LogP contribution >= 0.6 is 23.1 Å². The van der Waals surface area contributed by atoms with Crippen molar-refractivity contribution in [2.24, 2.45) is 5.16 Å². The largest absolute Gasteiger partial charge is 0.497 e. The van der Waals surface area contributed by atoms with Crippen LogP contribution in [0, 0.1) is 0 Å². The van der Waals surface area contributed by atoms with Gasteiger partial charge in [0, 0.05) is 11.1 Å². The summed E-state index contributed by atoms with van der Waals surface area (Å²) in [6.45, 7) is -0.0690. The quantitative estimate of drug-likeness (QED) is 0.0414. The fraction of sp³-hybridized carbons (Fsp3) is 0.261. The molecular formula is C46H43N5O9S2. The van der Waals surface area contributed by atoms with Crippen LogP contribution in [-0.4, -0.2) is 90.1 Å². The standard InChI is InChI=1S/C46H43N5O9S2/c1-56-32-21-19-28(20-22-32)25-59-44(55)39-33(35-23-24-36(60-35)43(54)57-2)26-61-42-38(41(53)51(39)42)48-40(52)37(50-58-3)34-27-62-45(47-34)49-46(29-13-7-4-8-14-29,30-15-9-5-10-16-30)31-17-11-6-12-18-31/h4-22,27,35-36,38,42H,23-26H2,1-3H3,(H,47,49)(H,48,52)/b50-37+/t35-,36+,38-,42-/m1/s1. The summed E-state index contributed by atoms with van der Waals surface area (Å²) in [5.74, 6) is -1.54. The Labute approximate surface area is 366 Å². The number of methoxy groups -OCH3 is 2. The van der Waals surface area contributed by atoms with E-state index in [1.807, 2.05) is 54.6 Å². The number of carbonyl (C=O) groups excluding carboxylic acids is 4. The van der Waals surface area contributed by atoms with Crippen LogP contribution in [0.25, 0.3) is 0 Å². The summed E-state index contributed by atoms with van der Waals surface area (Å²) in [6.07, 6.45) is -0.615. The van der Waals surface area contributed by atoms with Crippen molar-refractivity contribution in [1.29, 1.82) is 0 Å². The Morgan fingerprint density at radius 2 is 1.50 bits per heavy atom. The Balaban J connectivity index is 1.04. The predicted molar refractivity (Wildman–Crippen MR) is 233 cm³/mol. The minimum atomic E-state index is -1.02. The van der Waals surface area contributed by atoms with Crippen molar-refractivity contribution >= 4 is 57.7 Å². The molecule has 4 atom stereocenters. The van der Waals surface area contributed by atoms with Gasteiger partial charge in [0.25, 0.3) is 11.8 Å². The lowest BCUT2D eigenvalue weighted by atomic mass is 9.77. The van der Waals surface area contributed by atoms with Crippen LogP contribution < -0.4 is 15.4 Å². The predicted octanol–water partition coefficient (Wildman–Crippen LogP) is 6.02. The van der Waals surface area contributed by atoms with Crippen molar-refractivity contribution in [2.75, 3.05) is 32.4 Å². The first kappa shape index (κ1) is 42.2. The number of β-lactam (4-membered cyclic amide) rings is 1. The number of fused-ring (bicyclic) bond motifs is 1. The zero-order valence-electron chi connectivity index (χ0n) is 34.0. The summed E-state index contributed by atoms with van der Waals surface area (Å²) < 4.78 is 22.0. The van der Waals surface area contributed by atoms with E-state index in [9.17, 15) is 19.2 Å². The maximum absolute atomic E-state index is 14.1. The smallest absolute Gasteiger partial charge is 0.355 e. The molecule has 318 valence electrons. The summed E-state index contributed by atoms with van der Waals surface area (Å²) >= 11 is 2.65. The number of esters is 2. The average Bonchev–Trinajstić information content (AvgIpc) is 4.02. The number of hydrogen-bond acceptors (Lipinski definition) is 14. The number of thioether (sulfide) groups is 1. The van der Waals surface area contributed by atoms with E-state index in [2.05, 4.69) is 52.2 Å². The number of ether oxygens (including phenoxy) is 4. The first-order chi connectivity index (χ1) is 30.2. The first-order valence-corrected chi connectivity index (χ1v) is 21.7. The summed E-state index contributed by atoms with van der Waals surface area (Å²) in [6, 6.07) is 36.2. The Morgan fingerprint density at radius 1 is 0.871 bits per heavy atom. The highest BCUT2D eigenvalue weighted by atomic mass is 32.2. The molecule has 0 aliphatic carbocycles. The Hall–Kier alpha value is -6.49. The van der Waals surface area contributed by atoms with E-state index in [1.54, 1.807) is 36.8 Å². The molecule has 16 heteroatoms. The number of benzene rings is 4. The molecule has 2 amide bonds. The van der Waals surface area contributed by atoms with Crippen LogP contribution in [-0.2, 0) is 50.4 Å². The first-order valence-electron chi connectivity index (χ1n) is 19.8. The van der Waals surface area contributed by atoms with Gasteiger partial charge in [-0.3, -0.25) is 14.5 Å². The van der Waals surface area contributed by atoms with Crippen LogP contribution in [0.4, 0.5) is 5.13 Å². The molecule has 2 N–H and O–H groups in total. The normalized spacial score (nSPS) is 19.8. The van der Waals surface area contributed by atoms with E-state index in [4.69, 9.17) is 28.8 Å². The minimum absolute atomic E-state index is 0.0352. The van der Waals surface area contributed by atoms with Gasteiger partial charge in [-0.25, -0.2) is 14.6 Å². The number of nitrogens with one attached hydrogen (secondary N) is 2. The number of carbonyl (C=O) groups is 4. The van der Waals surface area contributed by atoms with Gasteiger partial charge in [-0.2, -0.15) is 0 Å². The summed E-state index contributed by atoms with van der Waals surface area (Å²) in [4.78, 5) is 65.8. The average molecular weight is 874 g/mol. The van der Waals surface area contributed by atoms with Crippen molar-refractivity contribution in [1.82, 2.24) is 15.2 Å². The van der Waals surface area contributed by atoms with Crippen LogP contribution in [0.3, 0.4) is 0 Å². The van der Waals surface area contributed by atoms with Crippen molar-refractivity contribution in [3.63, 3.8) is 0 Å². The number of thiazole rings is 1. The van der Waals surface area contributed by atoms with E-state index < -0.39 is 52.9 Å². The van der Waals surface area contributed by atoms with E-state index in [0.717, 1.165) is 16.7 Å². The number of oxime groups is 1. The van der Waals surface area contributed by atoms with E-state index in [0.29, 0.717) is 34.9 Å². The third kappa shape index (κ3) is 8.28. The molecule has 4 aromatic carbocycles. The molecule has 0 bridgehead atoms. The Morgan fingerprint density at radius 3 is 2.08 bits per heavy atom. The molecule has 2 fully saturated rings. The van der Waals surface area contributed by atoms with Crippen molar-refractivity contribution in [3.05, 3.63) is 160 Å². The Kier molecular flexibility index (Phi) is 12.7. The zero-order chi connectivity index (χ0) is 43.2. The second-order valence-corrected chi connectivity index (χ2v) is 16.5. The highest BCUT2D eigenvalue weighted by molar-refractivity contribution is 8.00. The zero-order valence-corrected chi connectivity index (χ0v) is 35.7. The Bertz CT molecular complexity index is 2390.